The van der Waals surface area contributed by atoms with Crippen molar-refractivity contribution in [3.8, 4) is 5.69 Å². The van der Waals surface area contributed by atoms with Gasteiger partial charge in [0.1, 0.15) is 5.82 Å². The molecule has 146 valence electrons. The number of fused-ring (bicyclic) bond motifs is 1. The summed E-state index contributed by atoms with van der Waals surface area (Å²) in [6, 6.07) is 6.01. The summed E-state index contributed by atoms with van der Waals surface area (Å²) in [5.41, 5.74) is 2.30. The van der Waals surface area contributed by atoms with E-state index in [9.17, 15) is 9.18 Å². The predicted molar refractivity (Wildman–Crippen MR) is 107 cm³/mol. The second kappa shape index (κ2) is 7.17. The molecule has 0 radical (unpaired) electrons. The first-order chi connectivity index (χ1) is 13.3. The molecule has 0 saturated carbocycles. The van der Waals surface area contributed by atoms with E-state index in [1.807, 2.05) is 11.8 Å². The van der Waals surface area contributed by atoms with E-state index >= 15 is 0 Å². The average Bonchev–Trinajstić information content (AvgIpc) is 2.99. The van der Waals surface area contributed by atoms with Gasteiger partial charge in [0.25, 0.3) is 5.91 Å². The van der Waals surface area contributed by atoms with E-state index < -0.39 is 0 Å². The van der Waals surface area contributed by atoms with Gasteiger partial charge in [-0.15, -0.1) is 0 Å². The second-order valence-electron chi connectivity index (χ2n) is 7.81. The number of aromatic nitrogens is 3. The highest BCUT2D eigenvalue weighted by molar-refractivity contribution is 6.38. The molecule has 1 aliphatic heterocycles. The van der Waals surface area contributed by atoms with Gasteiger partial charge in [0, 0.05) is 19.3 Å². The maximum atomic E-state index is 13.3. The number of piperidine rings is 1. The summed E-state index contributed by atoms with van der Waals surface area (Å²) in [5.74, 6) is 0.518. The third kappa shape index (κ3) is 3.26. The maximum absolute atomic E-state index is 13.3. The minimum Gasteiger partial charge on any atom is -0.338 e. The summed E-state index contributed by atoms with van der Waals surface area (Å²) in [7, 11) is 0. The fourth-order valence-electron chi connectivity index (χ4n) is 4.12. The van der Waals surface area contributed by atoms with Crippen molar-refractivity contribution in [2.75, 3.05) is 13.1 Å². The first kappa shape index (κ1) is 18.9. The SMILES string of the molecule is Cc1nn(-c2ccc(F)cc2)c2ncc(C(=O)N3C[C@H](C)C[C@H](C)C3)c(Cl)c12. The number of carbonyl (C=O) groups is 1. The summed E-state index contributed by atoms with van der Waals surface area (Å²) in [5, 5.41) is 5.53. The predicted octanol–water partition coefficient (Wildman–Crippen LogP) is 4.64. The smallest absolute Gasteiger partial charge is 0.256 e. The molecule has 2 aromatic heterocycles. The zero-order chi connectivity index (χ0) is 20.0. The van der Waals surface area contributed by atoms with Gasteiger partial charge in [0.05, 0.1) is 27.4 Å². The molecule has 4 rings (SSSR count). The molecule has 28 heavy (non-hydrogen) atoms. The number of hydrogen-bond donors (Lipinski definition) is 0. The molecule has 3 heterocycles. The summed E-state index contributed by atoms with van der Waals surface area (Å²) >= 11 is 6.66. The number of likely N-dealkylation sites (tertiary alicyclic amines) is 1. The van der Waals surface area contributed by atoms with Crippen LogP contribution in [0.15, 0.2) is 30.5 Å². The van der Waals surface area contributed by atoms with Crippen molar-refractivity contribution < 1.29 is 9.18 Å². The Kier molecular flexibility index (Phi) is 4.83. The minimum absolute atomic E-state index is 0.0910. The number of rotatable bonds is 2. The summed E-state index contributed by atoms with van der Waals surface area (Å²) in [4.78, 5) is 19.5. The van der Waals surface area contributed by atoms with Crippen LogP contribution < -0.4 is 0 Å². The highest BCUT2D eigenvalue weighted by Crippen LogP contribution is 2.32. The van der Waals surface area contributed by atoms with Crippen LogP contribution in [-0.4, -0.2) is 38.7 Å². The van der Waals surface area contributed by atoms with Gasteiger partial charge in [0.15, 0.2) is 5.65 Å². The molecule has 7 heteroatoms. The van der Waals surface area contributed by atoms with Gasteiger partial charge in [-0.3, -0.25) is 4.79 Å². The molecule has 3 aromatic rings. The van der Waals surface area contributed by atoms with E-state index in [4.69, 9.17) is 11.6 Å². The molecular formula is C21H22ClFN4O. The minimum atomic E-state index is -0.319. The zero-order valence-corrected chi connectivity index (χ0v) is 16.9. The number of nitrogens with zero attached hydrogens (tertiary/aromatic N) is 4. The van der Waals surface area contributed by atoms with E-state index in [-0.39, 0.29) is 11.7 Å². The molecule has 5 nitrogen and oxygen atoms in total. The topological polar surface area (TPSA) is 51.0 Å². The molecule has 0 unspecified atom stereocenters. The molecule has 1 aliphatic rings. The van der Waals surface area contributed by atoms with Crippen molar-refractivity contribution in [2.45, 2.75) is 27.2 Å². The van der Waals surface area contributed by atoms with Crippen molar-refractivity contribution in [1.82, 2.24) is 19.7 Å². The fourth-order valence-corrected chi connectivity index (χ4v) is 4.47. The number of amides is 1. The van der Waals surface area contributed by atoms with Crippen LogP contribution in [0.3, 0.4) is 0 Å². The lowest BCUT2D eigenvalue weighted by Gasteiger charge is -2.35. The van der Waals surface area contributed by atoms with Crippen LogP contribution in [0.2, 0.25) is 5.02 Å². The van der Waals surface area contributed by atoms with Crippen LogP contribution in [0.4, 0.5) is 4.39 Å². The Morgan fingerprint density at radius 1 is 1.18 bits per heavy atom. The number of benzene rings is 1. The monoisotopic (exact) mass is 400 g/mol. The Morgan fingerprint density at radius 3 is 2.46 bits per heavy atom. The van der Waals surface area contributed by atoms with Gasteiger partial charge < -0.3 is 4.90 Å². The Labute approximate surface area is 168 Å². The van der Waals surface area contributed by atoms with Crippen LogP contribution in [0.25, 0.3) is 16.7 Å². The zero-order valence-electron chi connectivity index (χ0n) is 16.1. The van der Waals surface area contributed by atoms with Gasteiger partial charge in [-0.05, 0) is 49.4 Å². The molecule has 2 atom stereocenters. The number of halogens is 2. The van der Waals surface area contributed by atoms with Crippen LogP contribution in [0.1, 0.15) is 36.3 Å². The lowest BCUT2D eigenvalue weighted by atomic mass is 9.91. The average molecular weight is 401 g/mol. The molecule has 1 fully saturated rings. The first-order valence-electron chi connectivity index (χ1n) is 9.44. The van der Waals surface area contributed by atoms with Crippen molar-refractivity contribution in [3.05, 3.63) is 52.6 Å². The van der Waals surface area contributed by atoms with Crippen molar-refractivity contribution in [2.24, 2.45) is 11.8 Å². The van der Waals surface area contributed by atoms with Crippen LogP contribution >= 0.6 is 11.6 Å². The molecule has 0 N–H and O–H groups in total. The van der Waals surface area contributed by atoms with Gasteiger partial charge in [-0.2, -0.15) is 5.10 Å². The molecule has 1 aromatic carbocycles. The fraction of sp³-hybridized carbons (Fsp3) is 0.381. The maximum Gasteiger partial charge on any atom is 0.256 e. The largest absolute Gasteiger partial charge is 0.338 e. The molecule has 1 amide bonds. The highest BCUT2D eigenvalue weighted by Gasteiger charge is 2.29. The number of carbonyl (C=O) groups excluding carboxylic acids is 1. The van der Waals surface area contributed by atoms with Crippen molar-refractivity contribution >= 4 is 28.5 Å². The summed E-state index contributed by atoms with van der Waals surface area (Å²) in [6.45, 7) is 7.61. The Hall–Kier alpha value is -2.47. The Morgan fingerprint density at radius 2 is 1.82 bits per heavy atom. The lowest BCUT2D eigenvalue weighted by molar-refractivity contribution is 0.0623. The Balaban J connectivity index is 1.76. The summed E-state index contributed by atoms with van der Waals surface area (Å²) in [6.07, 6.45) is 2.65. The molecule has 0 spiro atoms. The van der Waals surface area contributed by atoms with E-state index in [1.165, 1.54) is 18.3 Å². The van der Waals surface area contributed by atoms with E-state index in [1.54, 1.807) is 16.8 Å². The van der Waals surface area contributed by atoms with Crippen molar-refractivity contribution in [1.29, 1.82) is 0 Å². The van der Waals surface area contributed by atoms with Gasteiger partial charge in [-0.1, -0.05) is 25.4 Å². The normalized spacial score (nSPS) is 20.0. The number of aryl methyl sites for hydroxylation is 1. The van der Waals surface area contributed by atoms with Crippen LogP contribution in [0.5, 0.6) is 0 Å². The third-order valence-corrected chi connectivity index (χ3v) is 5.66. The van der Waals surface area contributed by atoms with Crippen molar-refractivity contribution in [3.63, 3.8) is 0 Å². The van der Waals surface area contributed by atoms with Gasteiger partial charge in [0.2, 0.25) is 0 Å². The standard InChI is InChI=1S/C21H22ClFN4O/c1-12-8-13(2)11-26(10-12)21(28)17-9-24-20-18(19(17)22)14(3)25-27(20)16-6-4-15(23)5-7-16/h4-7,9,12-13H,8,10-11H2,1-3H3/t12-,13+. The number of hydrogen-bond acceptors (Lipinski definition) is 3. The van der Waals surface area contributed by atoms with Crippen LogP contribution in [0, 0.1) is 24.6 Å². The van der Waals surface area contributed by atoms with Crippen LogP contribution in [-0.2, 0) is 0 Å². The van der Waals surface area contributed by atoms with E-state index in [2.05, 4.69) is 23.9 Å². The quantitative estimate of drug-likeness (QED) is 0.629. The molecule has 0 aliphatic carbocycles. The lowest BCUT2D eigenvalue weighted by Crippen LogP contribution is -2.42. The van der Waals surface area contributed by atoms with Gasteiger partial charge in [-0.25, -0.2) is 14.1 Å². The summed E-state index contributed by atoms with van der Waals surface area (Å²) < 4.78 is 14.9. The molecular weight excluding hydrogens is 379 g/mol. The number of pyridine rings is 1. The second-order valence-corrected chi connectivity index (χ2v) is 8.19. The Bertz CT molecular complexity index is 1040. The highest BCUT2D eigenvalue weighted by atomic mass is 35.5. The first-order valence-corrected chi connectivity index (χ1v) is 9.82. The van der Waals surface area contributed by atoms with Gasteiger partial charge >= 0.3 is 0 Å². The molecule has 0 bridgehead atoms. The molecule has 1 saturated heterocycles. The third-order valence-electron chi connectivity index (χ3n) is 5.27. The van der Waals surface area contributed by atoms with E-state index in [0.29, 0.717) is 44.8 Å². The van der Waals surface area contributed by atoms with E-state index in [0.717, 1.165) is 19.5 Å².